The molecule has 0 aliphatic carbocycles. The molecule has 0 aliphatic heterocycles. The summed E-state index contributed by atoms with van der Waals surface area (Å²) in [7, 11) is 0. The molecule has 0 amide bonds. The second-order valence-electron chi connectivity index (χ2n) is 4.22. The zero-order valence-electron chi connectivity index (χ0n) is 10.4. The van der Waals surface area contributed by atoms with E-state index in [-0.39, 0.29) is 16.9 Å². The van der Waals surface area contributed by atoms with E-state index in [2.05, 4.69) is 10.3 Å². The quantitative estimate of drug-likeness (QED) is 0.904. The number of anilines is 1. The van der Waals surface area contributed by atoms with Crippen molar-refractivity contribution in [3.05, 3.63) is 46.3 Å². The first kappa shape index (κ1) is 12.9. The summed E-state index contributed by atoms with van der Waals surface area (Å²) in [6.45, 7) is 5.68. The van der Waals surface area contributed by atoms with E-state index < -0.39 is 5.82 Å². The van der Waals surface area contributed by atoms with Gasteiger partial charge in [0.05, 0.1) is 11.1 Å². The number of halogens is 2. The van der Waals surface area contributed by atoms with Crippen LogP contribution < -0.4 is 5.32 Å². The highest BCUT2D eigenvalue weighted by Crippen LogP contribution is 2.25. The second kappa shape index (κ2) is 4.98. The van der Waals surface area contributed by atoms with Crippen LogP contribution >= 0.6 is 11.6 Å². The Labute approximate surface area is 110 Å². The van der Waals surface area contributed by atoms with Crippen molar-refractivity contribution in [3.8, 4) is 0 Å². The maximum atomic E-state index is 13.6. The van der Waals surface area contributed by atoms with Crippen LogP contribution in [0, 0.1) is 19.7 Å². The number of nitrogens with zero attached hydrogens (tertiary/aromatic N) is 1. The predicted molar refractivity (Wildman–Crippen MR) is 69.4 cm³/mol. The molecular formula is C13H14ClFN2O. The highest BCUT2D eigenvalue weighted by atomic mass is 35.5. The maximum absolute atomic E-state index is 13.6. The Morgan fingerprint density at radius 2 is 2.11 bits per heavy atom. The molecule has 2 aromatic heterocycles. The number of hydrogen-bond donors (Lipinski definition) is 1. The van der Waals surface area contributed by atoms with Gasteiger partial charge in [-0.25, -0.2) is 9.37 Å². The molecule has 1 unspecified atom stereocenters. The molecule has 0 fully saturated rings. The summed E-state index contributed by atoms with van der Waals surface area (Å²) < 4.78 is 19.0. The summed E-state index contributed by atoms with van der Waals surface area (Å²) in [6.07, 6.45) is 1.41. The minimum atomic E-state index is -0.466. The Kier molecular flexibility index (Phi) is 3.57. The first-order chi connectivity index (χ1) is 8.47. The molecule has 1 atom stereocenters. The van der Waals surface area contributed by atoms with Gasteiger partial charge in [-0.15, -0.1) is 0 Å². The van der Waals surface area contributed by atoms with E-state index in [0.29, 0.717) is 0 Å². The lowest BCUT2D eigenvalue weighted by Crippen LogP contribution is -2.09. The molecule has 2 heterocycles. The minimum absolute atomic E-state index is 0.0920. The van der Waals surface area contributed by atoms with Crippen LogP contribution in [0.4, 0.5) is 10.2 Å². The molecule has 0 saturated heterocycles. The Morgan fingerprint density at radius 3 is 2.67 bits per heavy atom. The van der Waals surface area contributed by atoms with E-state index in [9.17, 15) is 4.39 Å². The van der Waals surface area contributed by atoms with Gasteiger partial charge in [0, 0.05) is 11.8 Å². The summed E-state index contributed by atoms with van der Waals surface area (Å²) in [6, 6.07) is 3.07. The number of nitrogens with one attached hydrogen (secondary N) is 1. The molecule has 3 nitrogen and oxygen atoms in total. The molecule has 0 saturated carbocycles. The Bertz CT molecular complexity index is 568. The molecule has 5 heteroatoms. The molecule has 0 spiro atoms. The zero-order valence-corrected chi connectivity index (χ0v) is 11.2. The van der Waals surface area contributed by atoms with Crippen molar-refractivity contribution < 1.29 is 8.81 Å². The van der Waals surface area contributed by atoms with Crippen LogP contribution in [0.1, 0.15) is 30.0 Å². The average molecular weight is 269 g/mol. The lowest BCUT2D eigenvalue weighted by atomic mass is 10.1. The van der Waals surface area contributed by atoms with E-state index in [1.165, 1.54) is 12.3 Å². The van der Waals surface area contributed by atoms with Gasteiger partial charge >= 0.3 is 0 Å². The molecule has 1 N–H and O–H groups in total. The fourth-order valence-electron chi connectivity index (χ4n) is 1.88. The van der Waals surface area contributed by atoms with Gasteiger partial charge in [0.15, 0.2) is 11.6 Å². The van der Waals surface area contributed by atoms with Gasteiger partial charge < -0.3 is 9.73 Å². The van der Waals surface area contributed by atoms with Gasteiger partial charge in [0.2, 0.25) is 0 Å². The van der Waals surface area contributed by atoms with Gasteiger partial charge in [-0.3, -0.25) is 0 Å². The lowest BCUT2D eigenvalue weighted by molar-refractivity contribution is 0.499. The first-order valence-electron chi connectivity index (χ1n) is 5.62. The Hall–Kier alpha value is -1.55. The number of furan rings is 1. The number of aryl methyl sites for hydroxylation is 2. The van der Waals surface area contributed by atoms with Gasteiger partial charge in [-0.2, -0.15) is 0 Å². The molecule has 0 radical (unpaired) electrons. The van der Waals surface area contributed by atoms with Gasteiger partial charge in [-0.1, -0.05) is 11.6 Å². The molecule has 96 valence electrons. The van der Waals surface area contributed by atoms with Crippen molar-refractivity contribution >= 4 is 17.4 Å². The number of pyridine rings is 1. The summed E-state index contributed by atoms with van der Waals surface area (Å²) >= 11 is 5.65. The SMILES string of the molecule is Cc1cc(C(C)Nc2ncc(Cl)cc2F)c(C)o1. The Balaban J connectivity index is 2.21. The van der Waals surface area contributed by atoms with E-state index in [4.69, 9.17) is 16.0 Å². The normalized spacial score (nSPS) is 12.5. The summed E-state index contributed by atoms with van der Waals surface area (Å²) in [5, 5.41) is 3.28. The standard InChI is InChI=1S/C13H14ClFN2O/c1-7-4-11(9(3)18-7)8(2)17-13-12(15)5-10(14)6-16-13/h4-6,8H,1-3H3,(H,16,17). The van der Waals surface area contributed by atoms with Crippen molar-refractivity contribution in [1.29, 1.82) is 0 Å². The third kappa shape index (κ3) is 2.64. The van der Waals surface area contributed by atoms with E-state index in [1.54, 1.807) is 0 Å². The Morgan fingerprint density at radius 1 is 1.39 bits per heavy atom. The molecule has 0 bridgehead atoms. The zero-order chi connectivity index (χ0) is 13.3. The van der Waals surface area contributed by atoms with Crippen molar-refractivity contribution in [2.45, 2.75) is 26.8 Å². The van der Waals surface area contributed by atoms with Gasteiger partial charge in [-0.05, 0) is 32.9 Å². The first-order valence-corrected chi connectivity index (χ1v) is 5.99. The van der Waals surface area contributed by atoms with Crippen LogP contribution in [0.2, 0.25) is 5.02 Å². The number of rotatable bonds is 3. The van der Waals surface area contributed by atoms with Crippen molar-refractivity contribution in [2.24, 2.45) is 0 Å². The largest absolute Gasteiger partial charge is 0.466 e. The molecule has 0 aromatic carbocycles. The summed E-state index contributed by atoms with van der Waals surface area (Å²) in [4.78, 5) is 3.93. The van der Waals surface area contributed by atoms with E-state index in [0.717, 1.165) is 17.1 Å². The van der Waals surface area contributed by atoms with Gasteiger partial charge in [0.25, 0.3) is 0 Å². The minimum Gasteiger partial charge on any atom is -0.466 e. The predicted octanol–water partition coefficient (Wildman–Crippen LogP) is 4.26. The smallest absolute Gasteiger partial charge is 0.166 e. The fraction of sp³-hybridized carbons (Fsp3) is 0.308. The lowest BCUT2D eigenvalue weighted by Gasteiger charge is -2.14. The van der Waals surface area contributed by atoms with E-state index in [1.807, 2.05) is 26.8 Å². The van der Waals surface area contributed by atoms with Crippen molar-refractivity contribution in [1.82, 2.24) is 4.98 Å². The molecular weight excluding hydrogens is 255 g/mol. The highest BCUT2D eigenvalue weighted by Gasteiger charge is 2.15. The summed E-state index contributed by atoms with van der Waals surface area (Å²) in [5.74, 6) is 1.37. The van der Waals surface area contributed by atoms with Crippen LogP contribution in [0.15, 0.2) is 22.7 Å². The monoisotopic (exact) mass is 268 g/mol. The van der Waals surface area contributed by atoms with Crippen molar-refractivity contribution in [3.63, 3.8) is 0 Å². The molecule has 18 heavy (non-hydrogen) atoms. The fourth-order valence-corrected chi connectivity index (χ4v) is 2.03. The highest BCUT2D eigenvalue weighted by molar-refractivity contribution is 6.30. The maximum Gasteiger partial charge on any atom is 0.166 e. The van der Waals surface area contributed by atoms with E-state index >= 15 is 0 Å². The average Bonchev–Trinajstić information content (AvgIpc) is 2.62. The summed E-state index contributed by atoms with van der Waals surface area (Å²) in [5.41, 5.74) is 0.989. The third-order valence-electron chi connectivity index (χ3n) is 2.71. The number of aromatic nitrogens is 1. The van der Waals surface area contributed by atoms with Gasteiger partial charge in [0.1, 0.15) is 11.5 Å². The van der Waals surface area contributed by atoms with Crippen molar-refractivity contribution in [2.75, 3.05) is 5.32 Å². The third-order valence-corrected chi connectivity index (χ3v) is 2.91. The number of hydrogen-bond acceptors (Lipinski definition) is 3. The molecule has 2 aromatic rings. The van der Waals surface area contributed by atoms with Crippen LogP contribution in [-0.2, 0) is 0 Å². The van der Waals surface area contributed by atoms with Crippen LogP contribution in [0.5, 0.6) is 0 Å². The molecule has 0 aliphatic rings. The molecule has 2 rings (SSSR count). The topological polar surface area (TPSA) is 38.1 Å². The van der Waals surface area contributed by atoms with Crippen LogP contribution in [0.25, 0.3) is 0 Å². The van der Waals surface area contributed by atoms with Crippen LogP contribution in [-0.4, -0.2) is 4.98 Å². The second-order valence-corrected chi connectivity index (χ2v) is 4.66. The van der Waals surface area contributed by atoms with Crippen LogP contribution in [0.3, 0.4) is 0 Å².